The number of rotatable bonds is 10. The molecule has 0 spiro atoms. The van der Waals surface area contributed by atoms with Crippen LogP contribution in [0.1, 0.15) is 69.1 Å². The zero-order chi connectivity index (χ0) is 13.9. The Morgan fingerprint density at radius 2 is 1.58 bits per heavy atom. The Kier molecular flexibility index (Phi) is 8.52. The molecule has 0 aliphatic carbocycles. The molecule has 0 aliphatic heterocycles. The van der Waals surface area contributed by atoms with Crippen molar-refractivity contribution in [1.82, 2.24) is 0 Å². The molecule has 0 amide bonds. The van der Waals surface area contributed by atoms with Gasteiger partial charge < -0.3 is 10.2 Å². The van der Waals surface area contributed by atoms with Gasteiger partial charge in [0.2, 0.25) is 0 Å². The Labute approximate surface area is 117 Å². The summed E-state index contributed by atoms with van der Waals surface area (Å²) in [4.78, 5) is 0. The Morgan fingerprint density at radius 1 is 0.947 bits per heavy atom. The van der Waals surface area contributed by atoms with Gasteiger partial charge in [-0.1, -0.05) is 69.7 Å². The maximum absolute atomic E-state index is 9.76. The number of aryl methyl sites for hydroxylation is 1. The van der Waals surface area contributed by atoms with E-state index < -0.39 is 6.10 Å². The van der Waals surface area contributed by atoms with Crippen LogP contribution in [0, 0.1) is 0 Å². The number of aliphatic hydroxyl groups excluding tert-OH is 2. The summed E-state index contributed by atoms with van der Waals surface area (Å²) in [6.45, 7) is 2.04. The van der Waals surface area contributed by atoms with E-state index in [1.165, 1.54) is 50.5 Å². The molecular weight excluding hydrogens is 236 g/mol. The van der Waals surface area contributed by atoms with Crippen LogP contribution in [0.25, 0.3) is 0 Å². The summed E-state index contributed by atoms with van der Waals surface area (Å²) in [6.07, 6.45) is 9.35. The molecule has 1 atom stereocenters. The van der Waals surface area contributed by atoms with E-state index >= 15 is 0 Å². The van der Waals surface area contributed by atoms with Crippen molar-refractivity contribution < 1.29 is 10.2 Å². The molecule has 0 saturated carbocycles. The first-order chi connectivity index (χ1) is 9.29. The molecule has 0 fully saturated rings. The summed E-state index contributed by atoms with van der Waals surface area (Å²) in [5.74, 6) is 0. The molecule has 108 valence electrons. The standard InChI is InChI=1S/C17H28O2/c1-2-3-4-5-6-7-8-11-15-12-9-10-13-16(15)17(19)14-18/h9-10,12-13,17-19H,2-8,11,14H2,1H3. The first kappa shape index (κ1) is 16.2. The minimum Gasteiger partial charge on any atom is -0.393 e. The van der Waals surface area contributed by atoms with E-state index in [1.807, 2.05) is 18.2 Å². The van der Waals surface area contributed by atoms with E-state index in [1.54, 1.807) is 0 Å². The molecule has 0 bridgehead atoms. The zero-order valence-electron chi connectivity index (χ0n) is 12.1. The Morgan fingerprint density at radius 3 is 2.26 bits per heavy atom. The second kappa shape index (κ2) is 9.99. The molecule has 0 aromatic heterocycles. The van der Waals surface area contributed by atoms with Crippen molar-refractivity contribution >= 4 is 0 Å². The maximum atomic E-state index is 9.76. The van der Waals surface area contributed by atoms with Crippen LogP contribution in [-0.4, -0.2) is 16.8 Å². The lowest BCUT2D eigenvalue weighted by Gasteiger charge is -2.13. The maximum Gasteiger partial charge on any atom is 0.102 e. The second-order valence-electron chi connectivity index (χ2n) is 5.27. The van der Waals surface area contributed by atoms with Gasteiger partial charge >= 0.3 is 0 Å². The summed E-state index contributed by atoms with van der Waals surface area (Å²) in [5.41, 5.74) is 2.06. The lowest BCUT2D eigenvalue weighted by molar-refractivity contribution is 0.0949. The van der Waals surface area contributed by atoms with Gasteiger partial charge in [-0.25, -0.2) is 0 Å². The smallest absolute Gasteiger partial charge is 0.102 e. The first-order valence-electron chi connectivity index (χ1n) is 7.66. The van der Waals surface area contributed by atoms with Crippen LogP contribution in [0.3, 0.4) is 0 Å². The summed E-state index contributed by atoms with van der Waals surface area (Å²) in [5, 5.41) is 18.8. The fraction of sp³-hybridized carbons (Fsp3) is 0.647. The predicted molar refractivity (Wildman–Crippen MR) is 80.2 cm³/mol. The fourth-order valence-electron chi connectivity index (χ4n) is 2.46. The molecule has 2 heteroatoms. The Bertz CT molecular complexity index is 336. The van der Waals surface area contributed by atoms with Crippen molar-refractivity contribution in [1.29, 1.82) is 0 Å². The quantitative estimate of drug-likeness (QED) is 0.627. The summed E-state index contributed by atoms with van der Waals surface area (Å²) < 4.78 is 0. The molecule has 1 aromatic rings. The van der Waals surface area contributed by atoms with Gasteiger partial charge in [-0.05, 0) is 24.0 Å². The van der Waals surface area contributed by atoms with Crippen molar-refractivity contribution in [2.45, 2.75) is 64.4 Å². The van der Waals surface area contributed by atoms with Gasteiger partial charge in [0.25, 0.3) is 0 Å². The molecule has 19 heavy (non-hydrogen) atoms. The summed E-state index contributed by atoms with van der Waals surface area (Å²) in [6, 6.07) is 7.90. The van der Waals surface area contributed by atoms with E-state index in [4.69, 9.17) is 5.11 Å². The highest BCUT2D eigenvalue weighted by Crippen LogP contribution is 2.20. The highest BCUT2D eigenvalue weighted by Gasteiger charge is 2.10. The Hall–Kier alpha value is -0.860. The van der Waals surface area contributed by atoms with Crippen molar-refractivity contribution in [3.05, 3.63) is 35.4 Å². The van der Waals surface area contributed by atoms with Crippen LogP contribution >= 0.6 is 0 Å². The van der Waals surface area contributed by atoms with Crippen LogP contribution in [0.2, 0.25) is 0 Å². The molecule has 0 radical (unpaired) electrons. The number of hydrogen-bond donors (Lipinski definition) is 2. The van der Waals surface area contributed by atoms with Crippen molar-refractivity contribution in [2.75, 3.05) is 6.61 Å². The highest BCUT2D eigenvalue weighted by atomic mass is 16.3. The van der Waals surface area contributed by atoms with Gasteiger partial charge in [0.05, 0.1) is 6.61 Å². The molecule has 0 saturated heterocycles. The van der Waals surface area contributed by atoms with Gasteiger partial charge in [0, 0.05) is 0 Å². The molecular formula is C17H28O2. The lowest BCUT2D eigenvalue weighted by atomic mass is 9.97. The van der Waals surface area contributed by atoms with Crippen LogP contribution in [0.15, 0.2) is 24.3 Å². The molecule has 1 unspecified atom stereocenters. The average molecular weight is 264 g/mol. The van der Waals surface area contributed by atoms with E-state index in [2.05, 4.69) is 13.0 Å². The lowest BCUT2D eigenvalue weighted by Crippen LogP contribution is -2.06. The second-order valence-corrected chi connectivity index (χ2v) is 5.27. The van der Waals surface area contributed by atoms with Crippen LogP contribution in [0.5, 0.6) is 0 Å². The Balaban J connectivity index is 2.29. The van der Waals surface area contributed by atoms with Crippen LogP contribution in [0.4, 0.5) is 0 Å². The van der Waals surface area contributed by atoms with E-state index in [0.29, 0.717) is 0 Å². The first-order valence-corrected chi connectivity index (χ1v) is 7.66. The fourth-order valence-corrected chi connectivity index (χ4v) is 2.46. The van der Waals surface area contributed by atoms with E-state index in [9.17, 15) is 5.11 Å². The number of hydrogen-bond acceptors (Lipinski definition) is 2. The average Bonchev–Trinajstić information content (AvgIpc) is 2.46. The largest absolute Gasteiger partial charge is 0.393 e. The molecule has 0 aliphatic rings. The molecule has 2 nitrogen and oxygen atoms in total. The van der Waals surface area contributed by atoms with Gasteiger partial charge in [-0.2, -0.15) is 0 Å². The number of aliphatic hydroxyl groups is 2. The van der Waals surface area contributed by atoms with Crippen LogP contribution in [-0.2, 0) is 6.42 Å². The molecule has 0 heterocycles. The summed E-state index contributed by atoms with van der Waals surface area (Å²) >= 11 is 0. The van der Waals surface area contributed by atoms with E-state index in [-0.39, 0.29) is 6.61 Å². The summed E-state index contributed by atoms with van der Waals surface area (Å²) in [7, 11) is 0. The number of unbranched alkanes of at least 4 members (excludes halogenated alkanes) is 6. The van der Waals surface area contributed by atoms with Crippen LogP contribution < -0.4 is 0 Å². The monoisotopic (exact) mass is 264 g/mol. The molecule has 2 N–H and O–H groups in total. The van der Waals surface area contributed by atoms with Gasteiger partial charge in [-0.15, -0.1) is 0 Å². The van der Waals surface area contributed by atoms with Gasteiger partial charge in [0.1, 0.15) is 6.10 Å². The third-order valence-electron chi connectivity index (χ3n) is 3.64. The minimum atomic E-state index is -0.735. The predicted octanol–water partition coefficient (Wildman–Crippen LogP) is 4.01. The van der Waals surface area contributed by atoms with Crippen molar-refractivity contribution in [2.24, 2.45) is 0 Å². The molecule has 1 rings (SSSR count). The third kappa shape index (κ3) is 6.22. The molecule has 1 aromatic carbocycles. The third-order valence-corrected chi connectivity index (χ3v) is 3.64. The topological polar surface area (TPSA) is 40.5 Å². The van der Waals surface area contributed by atoms with Crippen molar-refractivity contribution in [3.63, 3.8) is 0 Å². The SMILES string of the molecule is CCCCCCCCCc1ccccc1C(O)CO. The zero-order valence-corrected chi connectivity index (χ0v) is 12.1. The van der Waals surface area contributed by atoms with Gasteiger partial charge in [-0.3, -0.25) is 0 Å². The highest BCUT2D eigenvalue weighted by molar-refractivity contribution is 5.29. The van der Waals surface area contributed by atoms with E-state index in [0.717, 1.165) is 12.0 Å². The van der Waals surface area contributed by atoms with Gasteiger partial charge in [0.15, 0.2) is 0 Å². The number of benzene rings is 1. The normalized spacial score (nSPS) is 12.6. The van der Waals surface area contributed by atoms with Crippen molar-refractivity contribution in [3.8, 4) is 0 Å². The minimum absolute atomic E-state index is 0.200.